The maximum Gasteiger partial charge on any atom is 0.138 e. The fourth-order valence-corrected chi connectivity index (χ4v) is 7.58. The highest BCUT2D eigenvalue weighted by molar-refractivity contribution is 6.06. The summed E-state index contributed by atoms with van der Waals surface area (Å²) in [5.41, 5.74) is 11.9. The molecule has 0 aliphatic heterocycles. The average Bonchev–Trinajstić information content (AvgIpc) is 3.45. The smallest absolute Gasteiger partial charge is 0.138 e. The normalized spacial score (nSPS) is 18.6. The lowest BCUT2D eigenvalue weighted by Crippen LogP contribution is -2.33. The van der Waals surface area contributed by atoms with Crippen LogP contribution < -0.4 is 0 Å². The topological polar surface area (TPSA) is 43.6 Å². The molecule has 2 atom stereocenters. The first-order valence-corrected chi connectivity index (χ1v) is 15.7. The van der Waals surface area contributed by atoms with Crippen molar-refractivity contribution < 1.29 is 0 Å². The van der Waals surface area contributed by atoms with E-state index in [1.165, 1.54) is 27.8 Å². The lowest BCUT2D eigenvalue weighted by Gasteiger charge is -2.44. The molecule has 2 unspecified atom stereocenters. The Bertz CT molecular complexity index is 2340. The van der Waals surface area contributed by atoms with Crippen molar-refractivity contribution in [3.05, 3.63) is 186 Å². The van der Waals surface area contributed by atoms with Crippen LogP contribution in [0.2, 0.25) is 0 Å². The molecule has 9 rings (SSSR count). The fourth-order valence-electron chi connectivity index (χ4n) is 7.58. The largest absolute Gasteiger partial charge is 0.292 e. The molecule has 0 amide bonds. The molecule has 4 aromatic heterocycles. The second-order valence-corrected chi connectivity index (χ2v) is 12.2. The summed E-state index contributed by atoms with van der Waals surface area (Å²) >= 11 is 0. The number of para-hydroxylation sites is 1. The number of pyridine rings is 3. The SMILES string of the molecule is CC12C=CC=CC1=C(c1ccccc1)c1ccccc1C2c1cccc(-c2cccc(-n3c4ccccc4c4ncccc43)n2)n1. The number of fused-ring (bicyclic) bond motifs is 5. The van der Waals surface area contributed by atoms with E-state index in [0.29, 0.717) is 0 Å². The quantitative estimate of drug-likeness (QED) is 0.205. The van der Waals surface area contributed by atoms with Crippen molar-refractivity contribution in [3.8, 4) is 17.2 Å². The van der Waals surface area contributed by atoms with E-state index >= 15 is 0 Å². The third-order valence-corrected chi connectivity index (χ3v) is 9.59. The van der Waals surface area contributed by atoms with Crippen LogP contribution in [0.4, 0.5) is 0 Å². The molecule has 4 heterocycles. The van der Waals surface area contributed by atoms with E-state index in [4.69, 9.17) is 15.0 Å². The van der Waals surface area contributed by atoms with Crippen LogP contribution in [0.3, 0.4) is 0 Å². The van der Waals surface area contributed by atoms with Gasteiger partial charge in [-0.1, -0.05) is 116 Å². The van der Waals surface area contributed by atoms with Crippen LogP contribution in [0.25, 0.3) is 44.7 Å². The zero-order valence-electron chi connectivity index (χ0n) is 25.4. The van der Waals surface area contributed by atoms with Crippen LogP contribution in [0.5, 0.6) is 0 Å². The first-order valence-electron chi connectivity index (χ1n) is 15.7. The van der Waals surface area contributed by atoms with E-state index in [0.717, 1.165) is 44.8 Å². The number of hydrogen-bond donors (Lipinski definition) is 0. The van der Waals surface area contributed by atoms with Gasteiger partial charge in [0.1, 0.15) is 5.82 Å². The van der Waals surface area contributed by atoms with Crippen molar-refractivity contribution >= 4 is 27.5 Å². The molecular formula is C42H30N4. The Kier molecular flexibility index (Phi) is 5.97. The van der Waals surface area contributed by atoms with Gasteiger partial charge in [-0.05, 0) is 70.3 Å². The lowest BCUT2D eigenvalue weighted by atomic mass is 9.59. The summed E-state index contributed by atoms with van der Waals surface area (Å²) in [6.45, 7) is 2.36. The summed E-state index contributed by atoms with van der Waals surface area (Å²) in [4.78, 5) is 15.3. The van der Waals surface area contributed by atoms with E-state index in [1.54, 1.807) is 0 Å². The summed E-state index contributed by atoms with van der Waals surface area (Å²) in [5.74, 6) is 0.871. The predicted octanol–water partition coefficient (Wildman–Crippen LogP) is 9.72. The van der Waals surface area contributed by atoms with Gasteiger partial charge in [-0.3, -0.25) is 14.5 Å². The molecule has 3 aromatic carbocycles. The van der Waals surface area contributed by atoms with Crippen LogP contribution in [0.15, 0.2) is 163 Å². The van der Waals surface area contributed by atoms with E-state index < -0.39 is 0 Å². The van der Waals surface area contributed by atoms with Gasteiger partial charge in [-0.15, -0.1) is 0 Å². The van der Waals surface area contributed by atoms with Crippen molar-refractivity contribution in [2.45, 2.75) is 12.8 Å². The van der Waals surface area contributed by atoms with Crippen molar-refractivity contribution in [2.24, 2.45) is 5.41 Å². The standard InChI is InChI=1S/C42H30N4/c1-42-26-10-9-19-32(42)39(28-14-3-2-4-15-28)29-16-5-6-17-30(29)40(42)35-22-11-20-33(44-35)34-21-12-25-38(45-34)46-36-23-8-7-18-31(36)41-37(46)24-13-27-43-41/h2-27,40H,1H3. The van der Waals surface area contributed by atoms with Gasteiger partial charge in [0.2, 0.25) is 0 Å². The van der Waals surface area contributed by atoms with Crippen LogP contribution in [0.1, 0.15) is 35.2 Å². The molecule has 218 valence electrons. The van der Waals surface area contributed by atoms with Gasteiger partial charge in [0.25, 0.3) is 0 Å². The average molecular weight is 591 g/mol. The minimum atomic E-state index is -0.287. The molecule has 0 bridgehead atoms. The van der Waals surface area contributed by atoms with Gasteiger partial charge in [0, 0.05) is 28.6 Å². The number of allylic oxidation sites excluding steroid dienone is 5. The number of aromatic nitrogens is 4. The molecule has 4 nitrogen and oxygen atoms in total. The summed E-state index contributed by atoms with van der Waals surface area (Å²) in [5, 5.41) is 1.11. The number of benzene rings is 3. The van der Waals surface area contributed by atoms with Crippen LogP contribution in [0, 0.1) is 5.41 Å². The lowest BCUT2D eigenvalue weighted by molar-refractivity contribution is 0.441. The number of hydrogen-bond acceptors (Lipinski definition) is 3. The second-order valence-electron chi connectivity index (χ2n) is 12.2. The van der Waals surface area contributed by atoms with Gasteiger partial charge in [-0.25, -0.2) is 4.98 Å². The molecule has 0 fully saturated rings. The van der Waals surface area contributed by atoms with Crippen molar-refractivity contribution in [2.75, 3.05) is 0 Å². The molecule has 7 aromatic rings. The molecule has 2 aliphatic carbocycles. The van der Waals surface area contributed by atoms with E-state index in [1.807, 2.05) is 12.3 Å². The first-order chi connectivity index (χ1) is 22.7. The summed E-state index contributed by atoms with van der Waals surface area (Å²) in [6, 6.07) is 44.6. The van der Waals surface area contributed by atoms with E-state index in [-0.39, 0.29) is 11.3 Å². The molecule has 46 heavy (non-hydrogen) atoms. The van der Waals surface area contributed by atoms with Crippen molar-refractivity contribution in [3.63, 3.8) is 0 Å². The molecule has 0 saturated heterocycles. The van der Waals surface area contributed by atoms with Crippen LogP contribution in [-0.2, 0) is 0 Å². The molecule has 0 saturated carbocycles. The molecule has 0 N–H and O–H groups in total. The summed E-state index contributed by atoms with van der Waals surface area (Å²) < 4.78 is 2.20. The minimum Gasteiger partial charge on any atom is -0.292 e. The summed E-state index contributed by atoms with van der Waals surface area (Å²) in [7, 11) is 0. The van der Waals surface area contributed by atoms with Crippen LogP contribution in [-0.4, -0.2) is 19.5 Å². The molecule has 4 heteroatoms. The zero-order chi connectivity index (χ0) is 30.7. The van der Waals surface area contributed by atoms with E-state index in [9.17, 15) is 0 Å². The fraction of sp³-hybridized carbons (Fsp3) is 0.0714. The first kappa shape index (κ1) is 26.5. The maximum absolute atomic E-state index is 5.38. The Morgan fingerprint density at radius 1 is 0.652 bits per heavy atom. The molecule has 0 spiro atoms. The van der Waals surface area contributed by atoms with Crippen LogP contribution >= 0.6 is 0 Å². The zero-order valence-corrected chi connectivity index (χ0v) is 25.4. The Labute approximate surface area is 267 Å². The highest BCUT2D eigenvalue weighted by atomic mass is 15.1. The van der Waals surface area contributed by atoms with E-state index in [2.05, 4.69) is 157 Å². The Morgan fingerprint density at radius 2 is 1.41 bits per heavy atom. The number of rotatable bonds is 4. The highest BCUT2D eigenvalue weighted by Crippen LogP contribution is 2.56. The molecular weight excluding hydrogens is 560 g/mol. The molecule has 2 aliphatic rings. The third kappa shape index (κ3) is 3.97. The third-order valence-electron chi connectivity index (χ3n) is 9.59. The second kappa shape index (κ2) is 10.4. The summed E-state index contributed by atoms with van der Waals surface area (Å²) in [6.07, 6.45) is 10.8. The Balaban J connectivity index is 1.20. The van der Waals surface area contributed by atoms with Gasteiger partial charge in [0.05, 0.1) is 27.9 Å². The maximum atomic E-state index is 5.38. The van der Waals surface area contributed by atoms with Gasteiger partial charge in [-0.2, -0.15) is 0 Å². The molecule has 0 radical (unpaired) electrons. The van der Waals surface area contributed by atoms with Gasteiger partial charge in [0.15, 0.2) is 0 Å². The monoisotopic (exact) mass is 590 g/mol. The predicted molar refractivity (Wildman–Crippen MR) is 187 cm³/mol. The van der Waals surface area contributed by atoms with Gasteiger partial charge < -0.3 is 0 Å². The van der Waals surface area contributed by atoms with Crippen molar-refractivity contribution in [1.82, 2.24) is 19.5 Å². The minimum absolute atomic E-state index is 0.0268. The van der Waals surface area contributed by atoms with Crippen molar-refractivity contribution in [1.29, 1.82) is 0 Å². The Hall–Kier alpha value is -5.87. The number of nitrogens with zero attached hydrogens (tertiary/aromatic N) is 4. The van der Waals surface area contributed by atoms with Gasteiger partial charge >= 0.3 is 0 Å². The highest BCUT2D eigenvalue weighted by Gasteiger charge is 2.44. The Morgan fingerprint density at radius 3 is 2.33 bits per heavy atom.